The third-order valence-electron chi connectivity index (χ3n) is 5.01. The van der Waals surface area contributed by atoms with E-state index >= 15 is 0 Å². The Hall–Kier alpha value is -1.18. The molecule has 28 heavy (non-hydrogen) atoms. The van der Waals surface area contributed by atoms with Crippen molar-refractivity contribution in [2.75, 3.05) is 32.7 Å². The lowest BCUT2D eigenvalue weighted by Crippen LogP contribution is -2.50. The first-order chi connectivity index (χ1) is 13.5. The summed E-state index contributed by atoms with van der Waals surface area (Å²) in [5.41, 5.74) is 0. The molecule has 1 fully saturated rings. The Balaban J connectivity index is 0.000000567. The molecule has 1 aliphatic rings. The maximum Gasteiger partial charge on any atom is 0.317 e. The first-order valence-corrected chi connectivity index (χ1v) is 11.1. The smallest absolute Gasteiger partial charge is 0.317 e. The summed E-state index contributed by atoms with van der Waals surface area (Å²) in [5.74, 6) is 4.06. The maximum atomic E-state index is 10.3. The van der Waals surface area contributed by atoms with Crippen LogP contribution in [0.5, 0.6) is 0 Å². The molecule has 0 unspecified atom stereocenters. The minimum absolute atomic E-state index is 0.133. The average molecular weight is 402 g/mol. The van der Waals surface area contributed by atoms with Gasteiger partial charge < -0.3 is 10.2 Å². The normalized spacial score (nSPS) is 15.1. The summed E-state index contributed by atoms with van der Waals surface area (Å²) < 4.78 is 0. The van der Waals surface area contributed by atoms with Crippen LogP contribution in [0, 0.1) is 0 Å². The third kappa shape index (κ3) is 19.6. The van der Waals surface area contributed by atoms with Crippen LogP contribution < -0.4 is 5.84 Å². The molecular formula is C21H43N3O4. The van der Waals surface area contributed by atoms with Gasteiger partial charge in [-0.25, -0.2) is 5.01 Å². The largest absolute Gasteiger partial charge is 0.481 e. The predicted molar refractivity (Wildman–Crippen MR) is 113 cm³/mol. The number of unbranched alkanes of at least 4 members (excludes halogenated alkanes) is 11. The summed E-state index contributed by atoms with van der Waals surface area (Å²) >= 11 is 0. The van der Waals surface area contributed by atoms with Gasteiger partial charge in [-0.05, 0) is 6.42 Å². The number of carboxylic acids is 2. The fourth-order valence-electron chi connectivity index (χ4n) is 3.23. The number of carbonyl (C=O) groups is 2. The summed E-state index contributed by atoms with van der Waals surface area (Å²) in [6.45, 7) is 5.41. The topological polar surface area (TPSA) is 107 Å². The maximum absolute atomic E-state index is 10.3. The molecule has 0 aromatic rings. The first kappa shape index (κ1) is 26.8. The number of rotatable bonds is 15. The molecule has 0 spiro atoms. The van der Waals surface area contributed by atoms with E-state index in [1.807, 2.05) is 4.90 Å². The highest BCUT2D eigenvalue weighted by Gasteiger charge is 2.15. The number of hydrogen-bond acceptors (Lipinski definition) is 5. The Kier molecular flexibility index (Phi) is 18.3. The molecule has 1 aliphatic heterocycles. The van der Waals surface area contributed by atoms with E-state index in [1.54, 1.807) is 5.01 Å². The zero-order valence-corrected chi connectivity index (χ0v) is 17.9. The van der Waals surface area contributed by atoms with E-state index < -0.39 is 11.9 Å². The molecule has 0 atom stereocenters. The lowest BCUT2D eigenvalue weighted by molar-refractivity contribution is -0.139. The first-order valence-electron chi connectivity index (χ1n) is 11.1. The van der Waals surface area contributed by atoms with Gasteiger partial charge in [-0.1, -0.05) is 77.6 Å². The van der Waals surface area contributed by atoms with Gasteiger partial charge in [0.25, 0.3) is 0 Å². The zero-order valence-electron chi connectivity index (χ0n) is 17.9. The highest BCUT2D eigenvalue weighted by Crippen LogP contribution is 2.12. The monoisotopic (exact) mass is 401 g/mol. The van der Waals surface area contributed by atoms with Gasteiger partial charge in [-0.15, -0.1) is 0 Å². The van der Waals surface area contributed by atoms with E-state index in [4.69, 9.17) is 16.1 Å². The van der Waals surface area contributed by atoms with Crippen molar-refractivity contribution in [3.8, 4) is 0 Å². The number of nitrogens with zero attached hydrogens (tertiary/aromatic N) is 2. The van der Waals surface area contributed by atoms with Crippen molar-refractivity contribution >= 4 is 11.9 Å². The van der Waals surface area contributed by atoms with Crippen LogP contribution in [0.4, 0.5) is 0 Å². The lowest BCUT2D eigenvalue weighted by atomic mass is 10.0. The Morgan fingerprint density at radius 3 is 1.54 bits per heavy atom. The van der Waals surface area contributed by atoms with Crippen molar-refractivity contribution in [2.24, 2.45) is 5.84 Å². The summed E-state index contributed by atoms with van der Waals surface area (Å²) in [6, 6.07) is 0. The number of piperazine rings is 1. The van der Waals surface area contributed by atoms with Crippen LogP contribution in [0.3, 0.4) is 0 Å². The van der Waals surface area contributed by atoms with Crippen molar-refractivity contribution in [1.29, 1.82) is 0 Å². The van der Waals surface area contributed by atoms with Gasteiger partial charge in [-0.2, -0.15) is 0 Å². The predicted octanol–water partition coefficient (Wildman–Crippen LogP) is 3.72. The summed E-state index contributed by atoms with van der Waals surface area (Å²) in [4.78, 5) is 22.4. The van der Waals surface area contributed by atoms with Crippen molar-refractivity contribution in [2.45, 2.75) is 90.4 Å². The zero-order chi connectivity index (χ0) is 21.0. The van der Waals surface area contributed by atoms with E-state index in [2.05, 4.69) is 6.92 Å². The third-order valence-corrected chi connectivity index (χ3v) is 5.01. The van der Waals surface area contributed by atoms with Gasteiger partial charge >= 0.3 is 11.9 Å². The molecular weight excluding hydrogens is 358 g/mol. The van der Waals surface area contributed by atoms with Crippen molar-refractivity contribution in [1.82, 2.24) is 9.91 Å². The van der Waals surface area contributed by atoms with Crippen LogP contribution in [0.1, 0.15) is 90.4 Å². The minimum Gasteiger partial charge on any atom is -0.481 e. The molecule has 0 aromatic heterocycles. The van der Waals surface area contributed by atoms with Gasteiger partial charge in [0.15, 0.2) is 0 Å². The Bertz CT molecular complexity index is 386. The minimum atomic E-state index is -0.768. The molecule has 1 heterocycles. The van der Waals surface area contributed by atoms with Gasteiger partial charge in [0.1, 0.15) is 0 Å². The van der Waals surface area contributed by atoms with Crippen molar-refractivity contribution < 1.29 is 19.8 Å². The van der Waals surface area contributed by atoms with E-state index in [1.165, 1.54) is 64.2 Å². The molecule has 7 nitrogen and oxygen atoms in total. The molecule has 0 saturated carbocycles. The van der Waals surface area contributed by atoms with Crippen LogP contribution in [-0.2, 0) is 9.59 Å². The molecule has 0 radical (unpaired) electrons. The molecule has 0 amide bonds. The van der Waals surface area contributed by atoms with Gasteiger partial charge in [-0.3, -0.25) is 20.3 Å². The van der Waals surface area contributed by atoms with Crippen LogP contribution in [0.25, 0.3) is 0 Å². The van der Waals surface area contributed by atoms with Gasteiger partial charge in [0, 0.05) is 32.6 Å². The molecule has 7 heteroatoms. The fourth-order valence-corrected chi connectivity index (χ4v) is 3.23. The van der Waals surface area contributed by atoms with Crippen LogP contribution in [-0.4, -0.2) is 64.8 Å². The molecule has 166 valence electrons. The Morgan fingerprint density at radius 1 is 0.714 bits per heavy atom. The number of hydrazine groups is 1. The van der Waals surface area contributed by atoms with Crippen molar-refractivity contribution in [3.63, 3.8) is 0 Å². The van der Waals surface area contributed by atoms with Crippen molar-refractivity contribution in [3.05, 3.63) is 0 Å². The number of carboxylic acid groups (broad SMARTS) is 2. The van der Waals surface area contributed by atoms with E-state index in [0.29, 0.717) is 6.42 Å². The summed E-state index contributed by atoms with van der Waals surface area (Å²) in [6.07, 6.45) is 15.8. The lowest BCUT2D eigenvalue weighted by Gasteiger charge is -2.30. The highest BCUT2D eigenvalue weighted by atomic mass is 16.4. The quantitative estimate of drug-likeness (QED) is 0.283. The average Bonchev–Trinajstić information content (AvgIpc) is 2.64. The second kappa shape index (κ2) is 19.2. The van der Waals surface area contributed by atoms with Gasteiger partial charge in [0.05, 0.1) is 6.54 Å². The second-order valence-corrected chi connectivity index (χ2v) is 7.74. The molecule has 0 aromatic carbocycles. The number of nitrogens with two attached hydrogens (primary N) is 1. The van der Waals surface area contributed by atoms with E-state index in [9.17, 15) is 9.59 Å². The fraction of sp³-hybridized carbons (Fsp3) is 0.905. The van der Waals surface area contributed by atoms with Crippen LogP contribution in [0.15, 0.2) is 0 Å². The summed E-state index contributed by atoms with van der Waals surface area (Å²) in [5, 5.41) is 18.6. The molecule has 1 saturated heterocycles. The number of hydrogen-bond donors (Lipinski definition) is 3. The second-order valence-electron chi connectivity index (χ2n) is 7.74. The number of aliphatic carboxylic acids is 2. The molecule has 1 rings (SSSR count). The SMILES string of the molecule is CCCCCCCCCCCCCCC(=O)O.NN1CCN(CC(=O)O)CC1. The highest BCUT2D eigenvalue weighted by molar-refractivity contribution is 5.69. The Labute approximate surface area is 171 Å². The van der Waals surface area contributed by atoms with Crippen LogP contribution >= 0.6 is 0 Å². The van der Waals surface area contributed by atoms with E-state index in [-0.39, 0.29) is 6.54 Å². The van der Waals surface area contributed by atoms with Gasteiger partial charge in [0.2, 0.25) is 0 Å². The standard InChI is InChI=1S/C15H30O2.C6H13N3O2/c1-2-3-4-5-6-7-8-9-10-11-12-13-14-15(16)17;7-9-3-1-8(2-4-9)5-6(10)11/h2-14H2,1H3,(H,16,17);1-5,7H2,(H,10,11). The van der Waals surface area contributed by atoms with E-state index in [0.717, 1.165) is 39.0 Å². The summed E-state index contributed by atoms with van der Waals surface area (Å²) in [7, 11) is 0. The Morgan fingerprint density at radius 2 is 1.14 bits per heavy atom. The molecule has 0 bridgehead atoms. The molecule has 0 aliphatic carbocycles. The molecule has 4 N–H and O–H groups in total. The van der Waals surface area contributed by atoms with Crippen LogP contribution in [0.2, 0.25) is 0 Å².